The van der Waals surface area contributed by atoms with E-state index < -0.39 is 5.60 Å². The first-order valence-corrected chi connectivity index (χ1v) is 6.63. The predicted molar refractivity (Wildman–Crippen MR) is 73.6 cm³/mol. The molecule has 2 atom stereocenters. The molecule has 1 rings (SSSR count). The number of piperazine rings is 1. The Morgan fingerprint density at radius 3 is 2.56 bits per heavy atom. The van der Waals surface area contributed by atoms with Crippen molar-refractivity contribution in [3.8, 4) is 0 Å². The summed E-state index contributed by atoms with van der Waals surface area (Å²) in [5.74, 6) is 0. The summed E-state index contributed by atoms with van der Waals surface area (Å²) in [4.78, 5) is 14.0. The van der Waals surface area contributed by atoms with Gasteiger partial charge in [-0.3, -0.25) is 0 Å². The molecule has 0 bridgehead atoms. The molecule has 1 aliphatic heterocycles. The summed E-state index contributed by atoms with van der Waals surface area (Å²) in [6.45, 7) is 15.1. The minimum atomic E-state index is -0.445. The van der Waals surface area contributed by atoms with Gasteiger partial charge in [-0.05, 0) is 34.1 Å². The van der Waals surface area contributed by atoms with E-state index in [1.165, 1.54) is 0 Å². The number of hydrogen-bond donors (Lipinski definition) is 1. The highest BCUT2D eigenvalue weighted by Gasteiger charge is 2.33. The van der Waals surface area contributed by atoms with Crippen LogP contribution in [-0.4, -0.2) is 41.8 Å². The monoisotopic (exact) mass is 254 g/mol. The van der Waals surface area contributed by atoms with Crippen LogP contribution in [0, 0.1) is 0 Å². The number of rotatable bonds is 2. The average molecular weight is 254 g/mol. The van der Waals surface area contributed by atoms with E-state index >= 15 is 0 Å². The van der Waals surface area contributed by atoms with Crippen LogP contribution in [0.25, 0.3) is 0 Å². The van der Waals surface area contributed by atoms with Gasteiger partial charge in [-0.1, -0.05) is 19.1 Å². The van der Waals surface area contributed by atoms with Crippen molar-refractivity contribution in [1.82, 2.24) is 10.2 Å². The van der Waals surface area contributed by atoms with E-state index in [1.807, 2.05) is 32.6 Å². The van der Waals surface area contributed by atoms with Crippen LogP contribution in [0.5, 0.6) is 0 Å². The molecule has 1 saturated heterocycles. The van der Waals surface area contributed by atoms with Crippen molar-refractivity contribution in [2.45, 2.75) is 58.7 Å². The van der Waals surface area contributed by atoms with Crippen LogP contribution in [0.4, 0.5) is 4.79 Å². The molecule has 0 saturated carbocycles. The largest absolute Gasteiger partial charge is 0.444 e. The zero-order valence-electron chi connectivity index (χ0n) is 12.2. The first-order chi connectivity index (χ1) is 8.24. The highest BCUT2D eigenvalue weighted by Crippen LogP contribution is 2.18. The molecule has 1 fully saturated rings. The Kier molecular flexibility index (Phi) is 4.79. The normalized spacial score (nSPS) is 24.8. The standard InChI is InChI=1S/C14H26N2O2/c1-7-11-8-15-12(10(2)3)9-16(11)13(17)18-14(4,5)6/h11-12,15H,2,7-9H2,1,3-6H3/t11-,12+/m1/s1. The Labute approximate surface area is 110 Å². The van der Waals surface area contributed by atoms with Gasteiger partial charge in [0.15, 0.2) is 0 Å². The van der Waals surface area contributed by atoms with Gasteiger partial charge in [-0.2, -0.15) is 0 Å². The molecule has 18 heavy (non-hydrogen) atoms. The van der Waals surface area contributed by atoms with Crippen molar-refractivity contribution >= 4 is 6.09 Å². The van der Waals surface area contributed by atoms with Crippen molar-refractivity contribution in [3.63, 3.8) is 0 Å². The van der Waals surface area contributed by atoms with Gasteiger partial charge in [0.25, 0.3) is 0 Å². The first-order valence-electron chi connectivity index (χ1n) is 6.63. The molecule has 0 aromatic heterocycles. The van der Waals surface area contributed by atoms with Crippen molar-refractivity contribution in [2.24, 2.45) is 0 Å². The van der Waals surface area contributed by atoms with Crippen molar-refractivity contribution in [2.75, 3.05) is 13.1 Å². The summed E-state index contributed by atoms with van der Waals surface area (Å²) in [7, 11) is 0. The van der Waals surface area contributed by atoms with E-state index in [9.17, 15) is 4.79 Å². The lowest BCUT2D eigenvalue weighted by Crippen LogP contribution is -2.59. The Hall–Kier alpha value is -1.03. The van der Waals surface area contributed by atoms with Crippen LogP contribution in [0.15, 0.2) is 12.2 Å². The van der Waals surface area contributed by atoms with Crippen LogP contribution in [0.2, 0.25) is 0 Å². The van der Waals surface area contributed by atoms with Gasteiger partial charge in [0.05, 0.1) is 0 Å². The molecule has 0 aromatic carbocycles. The first kappa shape index (κ1) is 15.0. The zero-order chi connectivity index (χ0) is 13.9. The van der Waals surface area contributed by atoms with E-state index in [0.717, 1.165) is 18.5 Å². The molecular weight excluding hydrogens is 228 g/mol. The molecular formula is C14H26N2O2. The third kappa shape index (κ3) is 4.02. The van der Waals surface area contributed by atoms with Crippen molar-refractivity contribution in [3.05, 3.63) is 12.2 Å². The maximum absolute atomic E-state index is 12.2. The minimum Gasteiger partial charge on any atom is -0.444 e. The Balaban J connectivity index is 2.74. The molecule has 0 unspecified atom stereocenters. The second kappa shape index (κ2) is 5.74. The Bertz CT molecular complexity index is 320. The van der Waals surface area contributed by atoms with Gasteiger partial charge in [0.1, 0.15) is 5.60 Å². The molecule has 4 heteroatoms. The summed E-state index contributed by atoms with van der Waals surface area (Å²) >= 11 is 0. The summed E-state index contributed by atoms with van der Waals surface area (Å²) in [5.41, 5.74) is 0.608. The number of carbonyl (C=O) groups excluding carboxylic acids is 1. The number of ether oxygens (including phenoxy) is 1. The zero-order valence-corrected chi connectivity index (χ0v) is 12.2. The third-order valence-corrected chi connectivity index (χ3v) is 3.11. The van der Waals surface area contributed by atoms with Gasteiger partial charge in [0.2, 0.25) is 0 Å². The molecule has 1 heterocycles. The summed E-state index contributed by atoms with van der Waals surface area (Å²) in [6, 6.07) is 0.371. The summed E-state index contributed by atoms with van der Waals surface area (Å²) in [6.07, 6.45) is 0.705. The molecule has 4 nitrogen and oxygen atoms in total. The highest BCUT2D eigenvalue weighted by molar-refractivity contribution is 5.69. The molecule has 104 valence electrons. The lowest BCUT2D eigenvalue weighted by molar-refractivity contribution is 0.00859. The van der Waals surface area contributed by atoms with E-state index in [-0.39, 0.29) is 18.2 Å². The molecule has 1 aliphatic rings. The fourth-order valence-corrected chi connectivity index (χ4v) is 2.04. The molecule has 0 spiro atoms. The quantitative estimate of drug-likeness (QED) is 0.770. The lowest BCUT2D eigenvalue weighted by Gasteiger charge is -2.40. The molecule has 1 N–H and O–H groups in total. The number of amides is 1. The maximum Gasteiger partial charge on any atom is 0.410 e. The van der Waals surface area contributed by atoms with Crippen LogP contribution >= 0.6 is 0 Å². The van der Waals surface area contributed by atoms with E-state index in [1.54, 1.807) is 0 Å². The van der Waals surface area contributed by atoms with Crippen molar-refractivity contribution in [1.29, 1.82) is 0 Å². The molecule has 0 aliphatic carbocycles. The average Bonchev–Trinajstić information content (AvgIpc) is 2.25. The number of nitrogens with zero attached hydrogens (tertiary/aromatic N) is 1. The topological polar surface area (TPSA) is 41.6 Å². The SMILES string of the molecule is C=C(C)[C@@H]1CN(C(=O)OC(C)(C)C)[C@H](CC)CN1. The van der Waals surface area contributed by atoms with Crippen LogP contribution < -0.4 is 5.32 Å². The van der Waals surface area contributed by atoms with Gasteiger partial charge in [-0.25, -0.2) is 4.79 Å². The molecule has 0 radical (unpaired) electrons. The van der Waals surface area contributed by atoms with Crippen molar-refractivity contribution < 1.29 is 9.53 Å². The molecule has 0 aromatic rings. The fraction of sp³-hybridized carbons (Fsp3) is 0.786. The second-order valence-corrected chi connectivity index (χ2v) is 6.00. The highest BCUT2D eigenvalue weighted by atomic mass is 16.6. The number of carbonyl (C=O) groups is 1. The Morgan fingerprint density at radius 1 is 1.50 bits per heavy atom. The molecule has 1 amide bonds. The van der Waals surface area contributed by atoms with Crippen LogP contribution in [0.3, 0.4) is 0 Å². The van der Waals surface area contributed by atoms with Crippen LogP contribution in [-0.2, 0) is 4.74 Å². The number of hydrogen-bond acceptors (Lipinski definition) is 3. The predicted octanol–water partition coefficient (Wildman–Crippen LogP) is 2.55. The van der Waals surface area contributed by atoms with Gasteiger partial charge in [-0.15, -0.1) is 0 Å². The Morgan fingerprint density at radius 2 is 2.11 bits per heavy atom. The maximum atomic E-state index is 12.2. The van der Waals surface area contributed by atoms with Gasteiger partial charge in [0, 0.05) is 25.2 Å². The second-order valence-electron chi connectivity index (χ2n) is 6.00. The van der Waals surface area contributed by atoms with Crippen LogP contribution in [0.1, 0.15) is 41.0 Å². The minimum absolute atomic E-state index is 0.167. The van der Waals surface area contributed by atoms with Gasteiger partial charge < -0.3 is 15.0 Å². The van der Waals surface area contributed by atoms with E-state index in [2.05, 4.69) is 18.8 Å². The third-order valence-electron chi connectivity index (χ3n) is 3.11. The summed E-state index contributed by atoms with van der Waals surface area (Å²) < 4.78 is 5.47. The lowest BCUT2D eigenvalue weighted by atomic mass is 10.0. The summed E-state index contributed by atoms with van der Waals surface area (Å²) in [5, 5.41) is 3.42. The fourth-order valence-electron chi connectivity index (χ4n) is 2.04. The smallest absolute Gasteiger partial charge is 0.410 e. The van der Waals surface area contributed by atoms with E-state index in [4.69, 9.17) is 4.74 Å². The van der Waals surface area contributed by atoms with E-state index in [0.29, 0.717) is 6.54 Å². The van der Waals surface area contributed by atoms with Gasteiger partial charge >= 0.3 is 6.09 Å². The number of nitrogens with one attached hydrogen (secondary N) is 1.